The van der Waals surface area contributed by atoms with Crippen molar-refractivity contribution in [2.75, 3.05) is 0 Å². The van der Waals surface area contributed by atoms with E-state index in [2.05, 4.69) is 28.4 Å². The molecule has 0 bridgehead atoms. The largest absolute Gasteiger partial charge is 0.390 e. The lowest BCUT2D eigenvalue weighted by Crippen LogP contribution is -2.03. The van der Waals surface area contributed by atoms with E-state index in [1.807, 2.05) is 24.1 Å². The maximum absolute atomic E-state index is 9.12. The van der Waals surface area contributed by atoms with E-state index in [0.717, 1.165) is 16.6 Å². The molecule has 0 atom stereocenters. The summed E-state index contributed by atoms with van der Waals surface area (Å²) in [6.07, 6.45) is 5.46. The van der Waals surface area contributed by atoms with Gasteiger partial charge in [0, 0.05) is 30.7 Å². The van der Waals surface area contributed by atoms with Gasteiger partial charge in [-0.25, -0.2) is 9.97 Å². The molecule has 98 valence electrons. The minimum Gasteiger partial charge on any atom is -0.390 e. The van der Waals surface area contributed by atoms with Crippen LogP contribution in [0.25, 0.3) is 0 Å². The molecule has 2 aromatic heterocycles. The first kappa shape index (κ1) is 13.2. The summed E-state index contributed by atoms with van der Waals surface area (Å²) in [5.41, 5.74) is 2.01. The second-order valence-corrected chi connectivity index (χ2v) is 5.37. The Kier molecular flexibility index (Phi) is 4.08. The van der Waals surface area contributed by atoms with E-state index in [1.54, 1.807) is 18.0 Å². The van der Waals surface area contributed by atoms with Crippen molar-refractivity contribution in [3.63, 3.8) is 0 Å². The van der Waals surface area contributed by atoms with Gasteiger partial charge in [0.05, 0.1) is 24.8 Å². The Morgan fingerprint density at radius 2 is 2.11 bits per heavy atom. The summed E-state index contributed by atoms with van der Waals surface area (Å²) in [4.78, 5) is 8.48. The van der Waals surface area contributed by atoms with E-state index in [0.29, 0.717) is 6.04 Å². The third kappa shape index (κ3) is 2.59. The molecule has 18 heavy (non-hydrogen) atoms. The highest BCUT2D eigenvalue weighted by molar-refractivity contribution is 7.98. The van der Waals surface area contributed by atoms with E-state index in [1.165, 1.54) is 5.69 Å². The normalized spacial score (nSPS) is 11.4. The van der Waals surface area contributed by atoms with Crippen molar-refractivity contribution in [1.82, 2.24) is 19.1 Å². The van der Waals surface area contributed by atoms with Crippen molar-refractivity contribution in [2.45, 2.75) is 37.4 Å². The number of nitrogens with zero attached hydrogens (tertiary/aromatic N) is 4. The highest BCUT2D eigenvalue weighted by Crippen LogP contribution is 2.23. The van der Waals surface area contributed by atoms with Gasteiger partial charge in [-0.1, -0.05) is 11.8 Å². The number of rotatable bonds is 5. The van der Waals surface area contributed by atoms with Crippen LogP contribution >= 0.6 is 11.8 Å². The molecule has 6 heteroatoms. The molecule has 0 aromatic carbocycles. The van der Waals surface area contributed by atoms with Gasteiger partial charge in [-0.3, -0.25) is 0 Å². The molecule has 0 amide bonds. The fourth-order valence-electron chi connectivity index (χ4n) is 1.75. The number of aromatic nitrogens is 4. The summed E-state index contributed by atoms with van der Waals surface area (Å²) in [7, 11) is 1.92. The van der Waals surface area contributed by atoms with Crippen molar-refractivity contribution in [1.29, 1.82) is 0 Å². The molecule has 0 fully saturated rings. The number of aliphatic hydroxyl groups is 1. The Bertz CT molecular complexity index is 518. The van der Waals surface area contributed by atoms with Gasteiger partial charge in [0.25, 0.3) is 0 Å². The monoisotopic (exact) mass is 266 g/mol. The molecule has 1 N–H and O–H groups in total. The lowest BCUT2D eigenvalue weighted by atomic mass is 10.4. The van der Waals surface area contributed by atoms with Crippen LogP contribution in [0.1, 0.15) is 31.3 Å². The van der Waals surface area contributed by atoms with Gasteiger partial charge >= 0.3 is 0 Å². The Hall–Kier alpha value is -1.27. The fraction of sp³-hybridized carbons (Fsp3) is 0.500. The molecule has 0 saturated carbocycles. The first-order valence-corrected chi connectivity index (χ1v) is 6.87. The van der Waals surface area contributed by atoms with Crippen LogP contribution in [0.4, 0.5) is 0 Å². The van der Waals surface area contributed by atoms with Crippen molar-refractivity contribution >= 4 is 11.8 Å². The Labute approximate surface area is 111 Å². The molecule has 2 heterocycles. The average Bonchev–Trinajstić information content (AvgIpc) is 2.93. The zero-order valence-corrected chi connectivity index (χ0v) is 11.7. The zero-order chi connectivity index (χ0) is 13.1. The van der Waals surface area contributed by atoms with Gasteiger partial charge in [0.2, 0.25) is 0 Å². The maximum Gasteiger partial charge on any atom is 0.168 e. The van der Waals surface area contributed by atoms with Gasteiger partial charge in [0.1, 0.15) is 0 Å². The van der Waals surface area contributed by atoms with E-state index >= 15 is 0 Å². The predicted molar refractivity (Wildman–Crippen MR) is 71.3 cm³/mol. The molecule has 0 aliphatic carbocycles. The molecule has 5 nitrogen and oxygen atoms in total. The molecule has 2 aromatic rings. The fourth-order valence-corrected chi connectivity index (χ4v) is 2.69. The Morgan fingerprint density at radius 3 is 2.72 bits per heavy atom. The molecule has 0 spiro atoms. The topological polar surface area (TPSA) is 55.9 Å². The molecular formula is C12H18N4OS. The van der Waals surface area contributed by atoms with E-state index in [-0.39, 0.29) is 6.61 Å². The lowest BCUT2D eigenvalue weighted by Gasteiger charge is -2.11. The predicted octanol–water partition coefficient (Wildman–Crippen LogP) is 1.98. The Morgan fingerprint density at radius 1 is 1.33 bits per heavy atom. The summed E-state index contributed by atoms with van der Waals surface area (Å²) in [6, 6.07) is 0.414. The molecule has 0 aliphatic rings. The number of imidazole rings is 2. The SMILES string of the molecule is CC(C)n1cncc1CSc1ncc(CO)n1C. The number of thioether (sulfide) groups is 1. The average molecular weight is 266 g/mol. The van der Waals surface area contributed by atoms with Crippen LogP contribution in [0, 0.1) is 0 Å². The van der Waals surface area contributed by atoms with Crippen LogP contribution in [0.15, 0.2) is 23.9 Å². The standard InChI is InChI=1S/C12H18N4OS/c1-9(2)16-8-13-4-11(16)7-18-12-14-5-10(6-17)15(12)3/h4-5,8-9,17H,6-7H2,1-3H3. The van der Waals surface area contributed by atoms with Gasteiger partial charge < -0.3 is 14.2 Å². The first-order chi connectivity index (χ1) is 8.63. The Balaban J connectivity index is 2.07. The number of aliphatic hydroxyl groups excluding tert-OH is 1. The summed E-state index contributed by atoms with van der Waals surface area (Å²) >= 11 is 1.65. The van der Waals surface area contributed by atoms with Gasteiger partial charge in [0.15, 0.2) is 5.16 Å². The van der Waals surface area contributed by atoms with Crippen LogP contribution in [-0.2, 0) is 19.4 Å². The first-order valence-electron chi connectivity index (χ1n) is 5.88. The van der Waals surface area contributed by atoms with Crippen LogP contribution in [0.3, 0.4) is 0 Å². The minimum absolute atomic E-state index is 0.0218. The van der Waals surface area contributed by atoms with Gasteiger partial charge in [-0.05, 0) is 13.8 Å². The summed E-state index contributed by atoms with van der Waals surface area (Å²) < 4.78 is 4.07. The third-order valence-electron chi connectivity index (χ3n) is 2.86. The second-order valence-electron chi connectivity index (χ2n) is 4.42. The van der Waals surface area contributed by atoms with Crippen LogP contribution < -0.4 is 0 Å². The number of hydrogen-bond donors (Lipinski definition) is 1. The van der Waals surface area contributed by atoms with E-state index < -0.39 is 0 Å². The van der Waals surface area contributed by atoms with E-state index in [4.69, 9.17) is 5.11 Å². The van der Waals surface area contributed by atoms with Gasteiger partial charge in [-0.15, -0.1) is 0 Å². The van der Waals surface area contributed by atoms with Crippen molar-refractivity contribution in [3.8, 4) is 0 Å². The maximum atomic E-state index is 9.12. The molecule has 0 unspecified atom stereocenters. The third-order valence-corrected chi connectivity index (χ3v) is 3.93. The molecule has 0 aliphatic heterocycles. The van der Waals surface area contributed by atoms with Crippen molar-refractivity contribution < 1.29 is 5.11 Å². The molecule has 0 saturated heterocycles. The summed E-state index contributed by atoms with van der Waals surface area (Å²) in [5.74, 6) is 0.827. The quantitative estimate of drug-likeness (QED) is 0.841. The molecule has 2 rings (SSSR count). The molecule has 0 radical (unpaired) electrons. The number of hydrogen-bond acceptors (Lipinski definition) is 4. The lowest BCUT2D eigenvalue weighted by molar-refractivity contribution is 0.271. The summed E-state index contributed by atoms with van der Waals surface area (Å²) in [6.45, 7) is 4.30. The van der Waals surface area contributed by atoms with Crippen molar-refractivity contribution in [2.24, 2.45) is 7.05 Å². The second kappa shape index (κ2) is 5.58. The summed E-state index contributed by atoms with van der Waals surface area (Å²) in [5, 5.41) is 10.0. The molecular weight excluding hydrogens is 248 g/mol. The highest BCUT2D eigenvalue weighted by Gasteiger charge is 2.09. The highest BCUT2D eigenvalue weighted by atomic mass is 32.2. The van der Waals surface area contributed by atoms with E-state index in [9.17, 15) is 0 Å². The van der Waals surface area contributed by atoms with Gasteiger partial charge in [-0.2, -0.15) is 0 Å². The van der Waals surface area contributed by atoms with Crippen LogP contribution in [0.2, 0.25) is 0 Å². The zero-order valence-electron chi connectivity index (χ0n) is 10.9. The van der Waals surface area contributed by atoms with Crippen LogP contribution in [-0.4, -0.2) is 24.2 Å². The minimum atomic E-state index is 0.0218. The smallest absolute Gasteiger partial charge is 0.168 e. The van der Waals surface area contributed by atoms with Crippen LogP contribution in [0.5, 0.6) is 0 Å². The van der Waals surface area contributed by atoms with Crippen molar-refractivity contribution in [3.05, 3.63) is 30.1 Å².